The number of Topliss-reactive ketones (excluding diaryl/α,β-unsaturated/α-hetero) is 1. The normalized spacial score (nSPS) is 25.3. The van der Waals surface area contributed by atoms with Gasteiger partial charge in [-0.2, -0.15) is 0 Å². The minimum atomic E-state index is 0.00463. The lowest BCUT2D eigenvalue weighted by atomic mass is 9.56. The molecule has 0 aromatic rings. The van der Waals surface area contributed by atoms with Gasteiger partial charge in [0.2, 0.25) is 0 Å². The third-order valence-corrected chi connectivity index (χ3v) is 4.10. The Kier molecular flexibility index (Phi) is 7.17. The number of ketones is 1. The van der Waals surface area contributed by atoms with Crippen LogP contribution >= 0.6 is 0 Å². The highest BCUT2D eigenvalue weighted by Crippen LogP contribution is 2.50. The first-order valence-corrected chi connectivity index (χ1v) is 7.91. The third-order valence-electron chi connectivity index (χ3n) is 4.10. The summed E-state index contributed by atoms with van der Waals surface area (Å²) in [4.78, 5) is 12.5. The van der Waals surface area contributed by atoms with Gasteiger partial charge in [-0.1, -0.05) is 61.3 Å². The van der Waals surface area contributed by atoms with Crippen LogP contribution < -0.4 is 0 Å². The van der Waals surface area contributed by atoms with E-state index >= 15 is 0 Å². The summed E-state index contributed by atoms with van der Waals surface area (Å²) < 4.78 is 0. The second-order valence-corrected chi connectivity index (χ2v) is 6.59. The van der Waals surface area contributed by atoms with Crippen LogP contribution in [0.25, 0.3) is 0 Å². The molecule has 1 saturated carbocycles. The van der Waals surface area contributed by atoms with Gasteiger partial charge in [0, 0.05) is 11.3 Å². The van der Waals surface area contributed by atoms with Gasteiger partial charge in [-0.25, -0.2) is 0 Å². The van der Waals surface area contributed by atoms with Crippen molar-refractivity contribution in [2.75, 3.05) is 0 Å². The van der Waals surface area contributed by atoms with Crippen LogP contribution in [0.2, 0.25) is 0 Å². The lowest BCUT2D eigenvalue weighted by molar-refractivity contribution is -0.141. The van der Waals surface area contributed by atoms with E-state index in [2.05, 4.69) is 34.6 Å². The minimum Gasteiger partial charge on any atom is -0.299 e. The first kappa shape index (κ1) is 17.7. The standard InChI is InChI=1S/C15H28O.C2H6/c1-6-8-15(9-7-2)11-14(4,5)10-12(3)13(15)16;1-2/h12H,6-11H2,1-5H3;1-2H3. The molecule has 1 aliphatic rings. The summed E-state index contributed by atoms with van der Waals surface area (Å²) >= 11 is 0. The Balaban J connectivity index is 0.00000137. The lowest BCUT2D eigenvalue weighted by Gasteiger charge is -2.46. The fourth-order valence-corrected chi connectivity index (χ4v) is 4.02. The summed E-state index contributed by atoms with van der Waals surface area (Å²) in [6, 6.07) is 0. The van der Waals surface area contributed by atoms with Crippen LogP contribution in [0.3, 0.4) is 0 Å². The van der Waals surface area contributed by atoms with E-state index in [0.29, 0.717) is 11.2 Å². The van der Waals surface area contributed by atoms with Gasteiger partial charge in [-0.05, 0) is 31.1 Å². The second-order valence-electron chi connectivity index (χ2n) is 6.59. The van der Waals surface area contributed by atoms with Crippen LogP contribution in [0.4, 0.5) is 0 Å². The van der Waals surface area contributed by atoms with Crippen LogP contribution in [0.5, 0.6) is 0 Å². The van der Waals surface area contributed by atoms with Crippen LogP contribution in [-0.2, 0) is 4.79 Å². The van der Waals surface area contributed by atoms with E-state index in [9.17, 15) is 4.79 Å². The predicted octanol–water partition coefficient (Wildman–Crippen LogP) is 5.62. The number of hydrogen-bond acceptors (Lipinski definition) is 1. The van der Waals surface area contributed by atoms with Crippen molar-refractivity contribution in [2.24, 2.45) is 16.7 Å². The number of carbonyl (C=O) groups excluding carboxylic acids is 1. The number of hydrogen-bond donors (Lipinski definition) is 0. The van der Waals surface area contributed by atoms with E-state index < -0.39 is 0 Å². The van der Waals surface area contributed by atoms with Gasteiger partial charge in [0.05, 0.1) is 0 Å². The SMILES string of the molecule is CC.CCCC1(CCC)CC(C)(C)CC(C)C1=O. The fraction of sp³-hybridized carbons (Fsp3) is 0.941. The first-order chi connectivity index (χ1) is 8.37. The van der Waals surface area contributed by atoms with Gasteiger partial charge in [-0.3, -0.25) is 4.79 Å². The summed E-state index contributed by atoms with van der Waals surface area (Å²) in [6.45, 7) is 15.2. The van der Waals surface area contributed by atoms with Crippen LogP contribution in [0.1, 0.15) is 87.0 Å². The van der Waals surface area contributed by atoms with Crippen molar-refractivity contribution in [3.05, 3.63) is 0 Å². The molecule has 1 fully saturated rings. The molecule has 1 aliphatic carbocycles. The zero-order chi connectivity index (χ0) is 14.4. The van der Waals surface area contributed by atoms with Crippen molar-refractivity contribution in [2.45, 2.75) is 87.0 Å². The van der Waals surface area contributed by atoms with Gasteiger partial charge < -0.3 is 0 Å². The number of rotatable bonds is 4. The molecule has 1 rings (SSSR count). The summed E-state index contributed by atoms with van der Waals surface area (Å²) in [5, 5.41) is 0. The monoisotopic (exact) mass is 254 g/mol. The quantitative estimate of drug-likeness (QED) is 0.636. The highest BCUT2D eigenvalue weighted by atomic mass is 16.1. The van der Waals surface area contributed by atoms with Gasteiger partial charge in [0.25, 0.3) is 0 Å². The molecule has 0 saturated heterocycles. The molecule has 1 unspecified atom stereocenters. The molecule has 0 aromatic heterocycles. The average molecular weight is 254 g/mol. The number of carbonyl (C=O) groups is 1. The zero-order valence-corrected chi connectivity index (χ0v) is 13.7. The Hall–Kier alpha value is -0.330. The van der Waals surface area contributed by atoms with Crippen molar-refractivity contribution in [3.8, 4) is 0 Å². The van der Waals surface area contributed by atoms with E-state index in [1.807, 2.05) is 13.8 Å². The van der Waals surface area contributed by atoms with Gasteiger partial charge >= 0.3 is 0 Å². The maximum atomic E-state index is 12.5. The summed E-state index contributed by atoms with van der Waals surface area (Å²) in [6.07, 6.45) is 6.62. The van der Waals surface area contributed by atoms with Crippen LogP contribution in [0.15, 0.2) is 0 Å². The Labute approximate surface area is 115 Å². The van der Waals surface area contributed by atoms with E-state index in [4.69, 9.17) is 0 Å². The molecular formula is C17H34O. The fourth-order valence-electron chi connectivity index (χ4n) is 4.02. The molecule has 1 atom stereocenters. The summed E-state index contributed by atoms with van der Waals surface area (Å²) in [5.74, 6) is 0.817. The van der Waals surface area contributed by atoms with Crippen LogP contribution in [0, 0.1) is 16.7 Å². The summed E-state index contributed by atoms with van der Waals surface area (Å²) in [7, 11) is 0. The zero-order valence-electron chi connectivity index (χ0n) is 13.7. The van der Waals surface area contributed by atoms with Crippen molar-refractivity contribution in [1.29, 1.82) is 0 Å². The van der Waals surface area contributed by atoms with Gasteiger partial charge in [0.1, 0.15) is 5.78 Å². The molecule has 18 heavy (non-hydrogen) atoms. The Morgan fingerprint density at radius 3 is 1.94 bits per heavy atom. The highest BCUT2D eigenvalue weighted by molar-refractivity contribution is 5.87. The lowest BCUT2D eigenvalue weighted by Crippen LogP contribution is -2.45. The largest absolute Gasteiger partial charge is 0.299 e. The van der Waals surface area contributed by atoms with Crippen molar-refractivity contribution in [3.63, 3.8) is 0 Å². The molecular weight excluding hydrogens is 220 g/mol. The topological polar surface area (TPSA) is 17.1 Å². The van der Waals surface area contributed by atoms with E-state index in [-0.39, 0.29) is 11.3 Å². The molecule has 0 radical (unpaired) electrons. The van der Waals surface area contributed by atoms with Gasteiger partial charge in [-0.15, -0.1) is 0 Å². The van der Waals surface area contributed by atoms with E-state index in [0.717, 1.165) is 38.5 Å². The third kappa shape index (κ3) is 4.10. The maximum Gasteiger partial charge on any atom is 0.141 e. The maximum absolute atomic E-state index is 12.5. The van der Waals surface area contributed by atoms with Crippen LogP contribution in [-0.4, -0.2) is 5.78 Å². The van der Waals surface area contributed by atoms with Gasteiger partial charge in [0.15, 0.2) is 0 Å². The summed E-state index contributed by atoms with van der Waals surface area (Å²) in [5.41, 5.74) is 0.350. The second kappa shape index (κ2) is 7.31. The smallest absolute Gasteiger partial charge is 0.141 e. The molecule has 1 heteroatoms. The molecule has 1 nitrogen and oxygen atoms in total. The van der Waals surface area contributed by atoms with E-state index in [1.165, 1.54) is 0 Å². The molecule has 108 valence electrons. The molecule has 0 spiro atoms. The molecule has 0 heterocycles. The highest BCUT2D eigenvalue weighted by Gasteiger charge is 2.47. The van der Waals surface area contributed by atoms with Crippen molar-refractivity contribution < 1.29 is 4.79 Å². The molecule has 0 N–H and O–H groups in total. The Bertz CT molecular complexity index is 246. The Morgan fingerprint density at radius 2 is 1.56 bits per heavy atom. The molecule has 0 amide bonds. The minimum absolute atomic E-state index is 0.00463. The molecule has 0 aliphatic heterocycles. The average Bonchev–Trinajstić information content (AvgIpc) is 2.28. The van der Waals surface area contributed by atoms with Crippen molar-refractivity contribution >= 4 is 5.78 Å². The molecule has 0 aromatic carbocycles. The predicted molar refractivity (Wildman–Crippen MR) is 80.8 cm³/mol. The van der Waals surface area contributed by atoms with E-state index in [1.54, 1.807) is 0 Å². The van der Waals surface area contributed by atoms with Crippen molar-refractivity contribution in [1.82, 2.24) is 0 Å². The first-order valence-electron chi connectivity index (χ1n) is 7.91. The Morgan fingerprint density at radius 1 is 1.11 bits per heavy atom. The molecule has 0 bridgehead atoms.